The van der Waals surface area contributed by atoms with Crippen molar-refractivity contribution < 1.29 is 0 Å². The number of hydrogen-bond acceptors (Lipinski definition) is 0. The summed E-state index contributed by atoms with van der Waals surface area (Å²) < 4.78 is 0. The van der Waals surface area contributed by atoms with E-state index in [9.17, 15) is 0 Å². The number of aryl methyl sites for hydroxylation is 2. The number of benzene rings is 5. The van der Waals surface area contributed by atoms with E-state index < -0.39 is 16.1 Å². The lowest BCUT2D eigenvalue weighted by atomic mass is 9.89. The third-order valence-corrected chi connectivity index (χ3v) is 27.4. The van der Waals surface area contributed by atoms with Gasteiger partial charge >= 0.3 is 0 Å². The minimum Gasteiger partial charge on any atom is -0.125 e. The Morgan fingerprint density at radius 2 is 0.750 bits per heavy atom. The highest BCUT2D eigenvalue weighted by Crippen LogP contribution is 2.52. The molecule has 0 aliphatic heterocycles. The van der Waals surface area contributed by atoms with Gasteiger partial charge in [-0.15, -0.1) is 11.1 Å². The molecule has 5 aromatic rings. The zero-order valence-corrected chi connectivity index (χ0v) is 36.3. The van der Waals surface area contributed by atoms with Crippen molar-refractivity contribution in [1.29, 1.82) is 0 Å². The van der Waals surface area contributed by atoms with Crippen LogP contribution in [-0.4, -0.2) is 16.1 Å². The normalized spacial score (nSPS) is 15.8. The van der Waals surface area contributed by atoms with Crippen LogP contribution in [0.5, 0.6) is 0 Å². The van der Waals surface area contributed by atoms with Crippen molar-refractivity contribution in [2.24, 2.45) is 0 Å². The van der Waals surface area contributed by atoms with Gasteiger partial charge in [0, 0.05) is 11.1 Å². The number of fused-ring (bicyclic) bond motifs is 4. The summed E-state index contributed by atoms with van der Waals surface area (Å²) in [5.74, 6) is 7.87. The Morgan fingerprint density at radius 3 is 1.02 bits per heavy atom. The third kappa shape index (κ3) is 5.80. The summed E-state index contributed by atoms with van der Waals surface area (Å²) in [7, 11) is -3.69. The van der Waals surface area contributed by atoms with Gasteiger partial charge in [-0.3, -0.25) is 0 Å². The van der Waals surface area contributed by atoms with Crippen LogP contribution in [0.2, 0.25) is 33.2 Å². The molecule has 2 aliphatic carbocycles. The maximum absolute atomic E-state index is 4.16. The molecule has 2 fully saturated rings. The molecule has 0 N–H and O–H groups in total. The van der Waals surface area contributed by atoms with Gasteiger partial charge in [0.1, 0.15) is 16.1 Å². The van der Waals surface area contributed by atoms with E-state index in [2.05, 4.69) is 155 Å². The van der Waals surface area contributed by atoms with Crippen molar-refractivity contribution in [3.05, 3.63) is 81.9 Å². The zero-order valence-electron chi connectivity index (χ0n) is 34.3. The lowest BCUT2D eigenvalue weighted by molar-refractivity contribution is 0.476. The Hall–Kier alpha value is -3.31. The first-order chi connectivity index (χ1) is 24.7. The highest BCUT2D eigenvalue weighted by atomic mass is 28.3. The lowest BCUT2D eigenvalue weighted by Crippen LogP contribution is -2.47. The van der Waals surface area contributed by atoms with Crippen molar-refractivity contribution in [3.63, 3.8) is 0 Å². The van der Waals surface area contributed by atoms with E-state index in [1.807, 2.05) is 0 Å². The zero-order chi connectivity index (χ0) is 37.3. The van der Waals surface area contributed by atoms with E-state index in [0.717, 1.165) is 11.1 Å². The first kappa shape index (κ1) is 37.0. The van der Waals surface area contributed by atoms with Crippen LogP contribution < -0.4 is 0 Å². The Labute approximate surface area is 317 Å². The predicted octanol–water partition coefficient (Wildman–Crippen LogP) is 15.0. The summed E-state index contributed by atoms with van der Waals surface area (Å²) in [6, 6.07) is 19.3. The summed E-state index contributed by atoms with van der Waals surface area (Å²) in [6.07, 6.45) is 8.24. The minimum atomic E-state index is -1.84. The monoisotopic (exact) mass is 718 g/mol. The van der Waals surface area contributed by atoms with Gasteiger partial charge in [0.05, 0.1) is 0 Å². The van der Waals surface area contributed by atoms with Crippen LogP contribution in [0.1, 0.15) is 127 Å². The first-order valence-corrected chi connectivity index (χ1v) is 25.1. The van der Waals surface area contributed by atoms with Gasteiger partial charge in [0.15, 0.2) is 0 Å². The lowest BCUT2D eigenvalue weighted by Gasteiger charge is -2.45. The van der Waals surface area contributed by atoms with Gasteiger partial charge in [-0.25, -0.2) is 0 Å². The van der Waals surface area contributed by atoms with Crippen molar-refractivity contribution in [2.45, 2.75) is 155 Å². The molecule has 2 aliphatic rings. The van der Waals surface area contributed by atoms with E-state index in [0.29, 0.717) is 22.2 Å². The summed E-state index contributed by atoms with van der Waals surface area (Å²) in [5.41, 5.74) is 20.6. The molecule has 0 aromatic heterocycles. The van der Waals surface area contributed by atoms with Gasteiger partial charge in [-0.2, -0.15) is 0 Å². The second-order valence-electron chi connectivity index (χ2n) is 18.2. The molecule has 2 saturated carbocycles. The second kappa shape index (κ2) is 13.8. The van der Waals surface area contributed by atoms with Crippen molar-refractivity contribution in [1.82, 2.24) is 0 Å². The topological polar surface area (TPSA) is 0 Å². The molecule has 0 radical (unpaired) electrons. The van der Waals surface area contributed by atoms with E-state index >= 15 is 0 Å². The van der Waals surface area contributed by atoms with Crippen LogP contribution in [0, 0.1) is 50.6 Å². The summed E-state index contributed by atoms with van der Waals surface area (Å²) in [6.45, 7) is 28.9. The molecule has 0 spiro atoms. The second-order valence-corrected chi connectivity index (χ2v) is 28.7. The Bertz CT molecular complexity index is 2160. The van der Waals surface area contributed by atoms with Crippen molar-refractivity contribution in [2.75, 3.05) is 0 Å². The fourth-order valence-electron chi connectivity index (χ4n) is 10.8. The maximum Gasteiger partial charge on any atom is 0.147 e. The van der Waals surface area contributed by atoms with Crippen LogP contribution in [0.3, 0.4) is 0 Å². The summed E-state index contributed by atoms with van der Waals surface area (Å²) >= 11 is 0. The van der Waals surface area contributed by atoms with E-state index in [1.54, 1.807) is 0 Å². The molecular weight excluding hydrogens is 657 g/mol. The Balaban J connectivity index is 1.49. The van der Waals surface area contributed by atoms with E-state index in [-0.39, 0.29) is 0 Å². The maximum atomic E-state index is 4.16. The molecule has 0 amide bonds. The fraction of sp³-hybridized carbons (Fsp3) is 0.480. The van der Waals surface area contributed by atoms with Gasteiger partial charge in [-0.1, -0.05) is 106 Å². The fourth-order valence-corrected chi connectivity index (χ4v) is 22.3. The van der Waals surface area contributed by atoms with Crippen LogP contribution in [0.4, 0.5) is 0 Å². The smallest absolute Gasteiger partial charge is 0.125 e. The van der Waals surface area contributed by atoms with Gasteiger partial charge < -0.3 is 0 Å². The molecule has 7 rings (SSSR count). The molecule has 5 aromatic carbocycles. The Morgan fingerprint density at radius 1 is 0.442 bits per heavy atom. The highest BCUT2D eigenvalue weighted by Gasteiger charge is 2.49. The molecule has 270 valence electrons. The van der Waals surface area contributed by atoms with Crippen LogP contribution in [0.25, 0.3) is 43.1 Å². The predicted molar refractivity (Wildman–Crippen MR) is 236 cm³/mol. The third-order valence-electron chi connectivity index (χ3n) is 14.8. The molecule has 0 atom stereocenters. The molecular formula is C50H62Si2. The molecule has 0 bridgehead atoms. The molecule has 0 heterocycles. The van der Waals surface area contributed by atoms with Gasteiger partial charge in [-0.05, 0) is 175 Å². The number of hydrogen-bond donors (Lipinski definition) is 0. The quantitative estimate of drug-likeness (QED) is 0.0931. The minimum absolute atomic E-state index is 0.653. The SMILES string of the molecule is Cc1c(C)c(C)c2cc3cc4cc5c(C#C[Si](C(C)C)(C(C)C)C6CCC6)ccc(C#C[Si](C(C)C)(C(C)C)C6CCC6)c5cc4cc3cc2c1C. The molecule has 2 heteroatoms. The molecule has 0 nitrogen and oxygen atoms in total. The average Bonchev–Trinajstić information content (AvgIpc) is 3.05. The standard InChI is InChI=1S/C50H62Si2/c1-31(2)51(32(3)4,45-15-13-16-45)23-21-39-19-20-40(22-24-52(33(5)6,34(7)8)46-17-14-18-46)50-30-44-26-42-28-48-38(12)36(10)35(9)37(11)47(48)27-41(42)25-43(44)29-49(39)50/h19-20,25-34,45-46H,13-18H2,1-12H3. The van der Waals surface area contributed by atoms with Crippen LogP contribution in [-0.2, 0) is 0 Å². The summed E-state index contributed by atoms with van der Waals surface area (Å²) in [5, 5.41) is 10.5. The number of rotatable bonds is 6. The highest BCUT2D eigenvalue weighted by molar-refractivity contribution is 6.91. The first-order valence-electron chi connectivity index (χ1n) is 20.6. The molecule has 0 unspecified atom stereocenters. The molecule has 52 heavy (non-hydrogen) atoms. The average molecular weight is 719 g/mol. The van der Waals surface area contributed by atoms with Crippen LogP contribution in [0.15, 0.2) is 48.5 Å². The van der Waals surface area contributed by atoms with E-state index in [4.69, 9.17) is 0 Å². The Kier molecular flexibility index (Phi) is 9.85. The van der Waals surface area contributed by atoms with Gasteiger partial charge in [0.25, 0.3) is 0 Å². The summed E-state index contributed by atoms with van der Waals surface area (Å²) in [4.78, 5) is 0. The van der Waals surface area contributed by atoms with E-state index in [1.165, 1.54) is 115 Å². The van der Waals surface area contributed by atoms with Gasteiger partial charge in [0.2, 0.25) is 0 Å². The molecule has 0 saturated heterocycles. The van der Waals surface area contributed by atoms with Crippen molar-refractivity contribution >= 4 is 59.2 Å². The largest absolute Gasteiger partial charge is 0.147 e. The van der Waals surface area contributed by atoms with Crippen molar-refractivity contribution in [3.8, 4) is 22.9 Å². The van der Waals surface area contributed by atoms with Crippen LogP contribution >= 0.6 is 0 Å².